The number of hydrogen-bond donors (Lipinski definition) is 0. The Bertz CT molecular complexity index is 983. The molecule has 0 unspecified atom stereocenters. The fourth-order valence-corrected chi connectivity index (χ4v) is 3.59. The first-order valence-electron chi connectivity index (χ1n) is 9.64. The number of rotatable bonds is 6. The van der Waals surface area contributed by atoms with Crippen molar-refractivity contribution in [2.45, 2.75) is 51.0 Å². The molecule has 1 aromatic heterocycles. The van der Waals surface area contributed by atoms with E-state index >= 15 is 0 Å². The van der Waals surface area contributed by atoms with Gasteiger partial charge in [-0.1, -0.05) is 45.0 Å². The van der Waals surface area contributed by atoms with Crippen molar-refractivity contribution < 1.29 is 22.3 Å². The number of alkyl halides is 3. The van der Waals surface area contributed by atoms with E-state index in [-0.39, 0.29) is 4.75 Å². The molecule has 0 N–H and O–H groups in total. The number of aryl methyl sites for hydroxylation is 1. The highest BCUT2D eigenvalue weighted by Crippen LogP contribution is 2.33. The van der Waals surface area contributed by atoms with E-state index in [1.54, 1.807) is 0 Å². The third-order valence-electron chi connectivity index (χ3n) is 4.48. The first kappa shape index (κ1) is 22.3. The van der Waals surface area contributed by atoms with Crippen LogP contribution in [-0.4, -0.2) is 4.75 Å². The zero-order valence-corrected chi connectivity index (χ0v) is 18.3. The maximum Gasteiger partial charge on any atom is 0.416 e. The van der Waals surface area contributed by atoms with Crippen molar-refractivity contribution in [1.29, 1.82) is 0 Å². The van der Waals surface area contributed by atoms with Gasteiger partial charge in [0.1, 0.15) is 23.9 Å². The first-order chi connectivity index (χ1) is 14.0. The van der Waals surface area contributed by atoms with Crippen molar-refractivity contribution in [3.63, 3.8) is 0 Å². The van der Waals surface area contributed by atoms with Crippen LogP contribution in [0.3, 0.4) is 0 Å². The highest BCUT2D eigenvalue weighted by atomic mass is 32.2. The Hall–Kier alpha value is -2.34. The number of hydrogen-bond acceptors (Lipinski definition) is 3. The minimum Gasteiger partial charge on any atom is -0.489 e. The van der Waals surface area contributed by atoms with E-state index in [9.17, 15) is 13.2 Å². The predicted molar refractivity (Wildman–Crippen MR) is 116 cm³/mol. The Morgan fingerprint density at radius 2 is 1.67 bits per heavy atom. The number of thioether (sulfide) groups is 1. The molecule has 3 rings (SSSR count). The Morgan fingerprint density at radius 1 is 0.967 bits per heavy atom. The van der Waals surface area contributed by atoms with Gasteiger partial charge >= 0.3 is 6.18 Å². The van der Waals surface area contributed by atoms with Crippen LogP contribution in [0.15, 0.2) is 59.0 Å². The zero-order chi connectivity index (χ0) is 21.9. The summed E-state index contributed by atoms with van der Waals surface area (Å²) in [5.41, 5.74) is 1.97. The molecule has 0 amide bonds. The van der Waals surface area contributed by atoms with Gasteiger partial charge in [0.15, 0.2) is 0 Å². The Balaban J connectivity index is 1.67. The van der Waals surface area contributed by atoms with Crippen LogP contribution in [0.25, 0.3) is 11.3 Å². The molecule has 0 saturated carbocycles. The molecule has 3 aromatic rings. The van der Waals surface area contributed by atoms with E-state index in [1.165, 1.54) is 17.7 Å². The van der Waals surface area contributed by atoms with Gasteiger partial charge < -0.3 is 9.15 Å². The number of benzene rings is 2. The Morgan fingerprint density at radius 3 is 2.30 bits per heavy atom. The monoisotopic (exact) mass is 434 g/mol. The smallest absolute Gasteiger partial charge is 0.416 e. The third-order valence-corrected chi connectivity index (χ3v) is 5.83. The van der Waals surface area contributed by atoms with Crippen LogP contribution in [0, 0.1) is 6.92 Å². The van der Waals surface area contributed by atoms with Crippen molar-refractivity contribution >= 4 is 11.8 Å². The van der Waals surface area contributed by atoms with Crippen molar-refractivity contribution in [3.05, 3.63) is 77.0 Å². The summed E-state index contributed by atoms with van der Waals surface area (Å²) in [4.78, 5) is 0. The lowest BCUT2D eigenvalue weighted by Gasteiger charge is -2.17. The quantitative estimate of drug-likeness (QED) is 0.394. The van der Waals surface area contributed by atoms with Crippen LogP contribution in [0.2, 0.25) is 0 Å². The summed E-state index contributed by atoms with van der Waals surface area (Å²) in [6.45, 7) is 8.71. The molecule has 0 radical (unpaired) electrons. The second kappa shape index (κ2) is 8.80. The molecule has 0 bridgehead atoms. The van der Waals surface area contributed by atoms with Crippen LogP contribution in [0.4, 0.5) is 13.2 Å². The fraction of sp³-hybridized carbons (Fsp3) is 0.333. The molecule has 0 saturated heterocycles. The van der Waals surface area contributed by atoms with E-state index in [1.807, 2.05) is 43.0 Å². The molecule has 30 heavy (non-hydrogen) atoms. The summed E-state index contributed by atoms with van der Waals surface area (Å²) in [5.74, 6) is 2.89. The molecule has 6 heteroatoms. The average molecular weight is 435 g/mol. The maximum absolute atomic E-state index is 12.7. The number of ether oxygens (including phenoxy) is 1. The molecule has 2 nitrogen and oxygen atoms in total. The Kier molecular flexibility index (Phi) is 6.56. The van der Waals surface area contributed by atoms with Gasteiger partial charge in [-0.25, -0.2) is 0 Å². The van der Waals surface area contributed by atoms with Gasteiger partial charge in [-0.15, -0.1) is 0 Å². The highest BCUT2D eigenvalue weighted by molar-refractivity contribution is 7.99. The van der Waals surface area contributed by atoms with Crippen LogP contribution in [-0.2, 0) is 18.5 Å². The van der Waals surface area contributed by atoms with Crippen molar-refractivity contribution in [3.8, 4) is 17.1 Å². The van der Waals surface area contributed by atoms with E-state index in [0.29, 0.717) is 23.7 Å². The molecule has 1 heterocycles. The van der Waals surface area contributed by atoms with Gasteiger partial charge in [0.2, 0.25) is 0 Å². The lowest BCUT2D eigenvalue weighted by atomic mass is 10.1. The molecule has 0 aliphatic heterocycles. The maximum atomic E-state index is 12.7. The largest absolute Gasteiger partial charge is 0.489 e. The summed E-state index contributed by atoms with van der Waals surface area (Å²) in [7, 11) is 0. The molecular formula is C24H25F3O2S. The molecule has 0 fully saturated rings. The van der Waals surface area contributed by atoms with Crippen LogP contribution in [0.1, 0.15) is 43.2 Å². The van der Waals surface area contributed by atoms with Crippen molar-refractivity contribution in [1.82, 2.24) is 0 Å². The molecule has 2 aromatic carbocycles. The van der Waals surface area contributed by atoms with Crippen molar-refractivity contribution in [2.24, 2.45) is 0 Å². The first-order valence-corrected chi connectivity index (χ1v) is 10.6. The van der Waals surface area contributed by atoms with E-state index in [2.05, 4.69) is 26.8 Å². The molecule has 0 spiro atoms. The molecular weight excluding hydrogens is 409 g/mol. The standard InChI is InChI=1S/C24H25F3O2S/c1-16-19(13-22(29-16)18-8-10-20(11-9-18)24(25,26)27)14-28-21-7-5-6-17(12-21)15-30-23(2,3)4/h5-13H,14-15H2,1-4H3. The van der Waals surface area contributed by atoms with E-state index in [4.69, 9.17) is 9.15 Å². The second-order valence-corrected chi connectivity index (χ2v) is 9.91. The number of halogens is 3. The van der Waals surface area contributed by atoms with Crippen LogP contribution >= 0.6 is 11.8 Å². The fourth-order valence-electron chi connectivity index (χ4n) is 2.81. The SMILES string of the molecule is Cc1oc(-c2ccc(C(F)(F)F)cc2)cc1COc1cccc(CSC(C)(C)C)c1. The second-order valence-electron chi connectivity index (χ2n) is 8.10. The van der Waals surface area contributed by atoms with Gasteiger partial charge in [-0.2, -0.15) is 24.9 Å². The zero-order valence-electron chi connectivity index (χ0n) is 17.5. The normalized spacial score (nSPS) is 12.2. The van der Waals surface area contributed by atoms with Crippen molar-refractivity contribution in [2.75, 3.05) is 0 Å². The molecule has 0 aliphatic carbocycles. The van der Waals surface area contributed by atoms with Gasteiger partial charge in [-0.05, 0) is 42.8 Å². The summed E-state index contributed by atoms with van der Waals surface area (Å²) in [6, 6.07) is 14.8. The topological polar surface area (TPSA) is 22.4 Å². The molecule has 0 atom stereocenters. The Labute approximate surface area is 179 Å². The van der Waals surface area contributed by atoms with Gasteiger partial charge in [-0.3, -0.25) is 0 Å². The van der Waals surface area contributed by atoms with E-state index in [0.717, 1.165) is 29.2 Å². The van der Waals surface area contributed by atoms with Crippen LogP contribution < -0.4 is 4.74 Å². The highest BCUT2D eigenvalue weighted by Gasteiger charge is 2.30. The summed E-state index contributed by atoms with van der Waals surface area (Å²) in [6.07, 6.45) is -4.35. The lowest BCUT2D eigenvalue weighted by Crippen LogP contribution is -2.07. The van der Waals surface area contributed by atoms with E-state index < -0.39 is 11.7 Å². The number of furan rings is 1. The van der Waals surface area contributed by atoms with Gasteiger partial charge in [0.05, 0.1) is 5.56 Å². The van der Waals surface area contributed by atoms with Crippen LogP contribution in [0.5, 0.6) is 5.75 Å². The average Bonchev–Trinajstić information content (AvgIpc) is 3.05. The third kappa shape index (κ3) is 6.08. The minimum atomic E-state index is -4.35. The van der Waals surface area contributed by atoms with Gasteiger partial charge in [0.25, 0.3) is 0 Å². The molecule has 0 aliphatic rings. The summed E-state index contributed by atoms with van der Waals surface area (Å²) in [5, 5.41) is 0. The summed E-state index contributed by atoms with van der Waals surface area (Å²) >= 11 is 1.87. The molecule has 160 valence electrons. The summed E-state index contributed by atoms with van der Waals surface area (Å²) < 4.78 is 50.1. The lowest BCUT2D eigenvalue weighted by molar-refractivity contribution is -0.137. The predicted octanol–water partition coefficient (Wildman–Crippen LogP) is 7.88. The van der Waals surface area contributed by atoms with Gasteiger partial charge in [0, 0.05) is 21.6 Å². The minimum absolute atomic E-state index is 0.194.